The number of hydrogen-bond donors (Lipinski definition) is 0. The first-order valence-corrected chi connectivity index (χ1v) is 12.0. The molecule has 0 unspecified atom stereocenters. The number of methoxy groups -OCH3 is 2. The minimum absolute atomic E-state index is 0.196. The van der Waals surface area contributed by atoms with Crippen LogP contribution in [0.5, 0.6) is 17.2 Å². The van der Waals surface area contributed by atoms with E-state index in [1.54, 1.807) is 32.4 Å². The fourth-order valence-electron chi connectivity index (χ4n) is 3.47. The average Bonchev–Trinajstić information content (AvgIpc) is 2.75. The number of rotatable bonds is 8. The van der Waals surface area contributed by atoms with Crippen molar-refractivity contribution >= 4 is 26.0 Å². The van der Waals surface area contributed by atoms with Crippen LogP contribution in [0.15, 0.2) is 45.8 Å². The highest BCUT2D eigenvalue weighted by Crippen LogP contribution is 2.31. The van der Waals surface area contributed by atoms with Gasteiger partial charge in [-0.1, -0.05) is 15.9 Å². The van der Waals surface area contributed by atoms with Crippen LogP contribution in [0.2, 0.25) is 0 Å². The molecule has 2 aromatic carbocycles. The molecule has 0 N–H and O–H groups in total. The molecule has 0 amide bonds. The quantitative estimate of drug-likeness (QED) is 0.555. The molecule has 0 aromatic heterocycles. The van der Waals surface area contributed by atoms with Gasteiger partial charge in [0.2, 0.25) is 10.0 Å². The molecular formula is C21H27BrN2O5S. The fraction of sp³-hybridized carbons (Fsp3) is 0.429. The SMILES string of the molecule is CCOc1ccc(Br)cc1S(=O)(=O)N1CCN(Cc2cc(OC)ccc2OC)CC1. The maximum absolute atomic E-state index is 13.3. The maximum atomic E-state index is 13.3. The number of ether oxygens (including phenoxy) is 3. The second kappa shape index (κ2) is 10.00. The summed E-state index contributed by atoms with van der Waals surface area (Å²) in [6.45, 7) is 4.97. The topological polar surface area (TPSA) is 68.3 Å². The molecule has 0 atom stereocenters. The highest BCUT2D eigenvalue weighted by Gasteiger charge is 2.31. The van der Waals surface area contributed by atoms with E-state index in [0.29, 0.717) is 49.6 Å². The molecule has 164 valence electrons. The molecule has 0 bridgehead atoms. The van der Waals surface area contributed by atoms with Gasteiger partial charge in [-0.25, -0.2) is 8.42 Å². The van der Waals surface area contributed by atoms with Crippen molar-refractivity contribution in [3.8, 4) is 17.2 Å². The standard InChI is InChI=1S/C21H27BrN2O5S/c1-4-29-20-7-5-17(22)14-21(20)30(25,26)24-11-9-23(10-12-24)15-16-13-18(27-2)6-8-19(16)28-3/h5-8,13-14H,4,9-12,15H2,1-3H3. The maximum Gasteiger partial charge on any atom is 0.246 e. The van der Waals surface area contributed by atoms with Gasteiger partial charge in [0.1, 0.15) is 22.1 Å². The van der Waals surface area contributed by atoms with Crippen molar-refractivity contribution in [3.63, 3.8) is 0 Å². The van der Waals surface area contributed by atoms with E-state index in [1.807, 2.05) is 25.1 Å². The van der Waals surface area contributed by atoms with E-state index < -0.39 is 10.0 Å². The number of nitrogens with zero attached hydrogens (tertiary/aromatic N) is 2. The lowest BCUT2D eigenvalue weighted by molar-refractivity contribution is 0.179. The zero-order valence-electron chi connectivity index (χ0n) is 17.4. The van der Waals surface area contributed by atoms with Crippen LogP contribution in [0, 0.1) is 0 Å². The fourth-order valence-corrected chi connectivity index (χ4v) is 5.56. The molecule has 1 fully saturated rings. The van der Waals surface area contributed by atoms with Crippen molar-refractivity contribution in [3.05, 3.63) is 46.4 Å². The monoisotopic (exact) mass is 498 g/mol. The Morgan fingerprint density at radius 2 is 1.67 bits per heavy atom. The lowest BCUT2D eigenvalue weighted by atomic mass is 10.1. The van der Waals surface area contributed by atoms with Gasteiger partial charge in [-0.05, 0) is 43.3 Å². The van der Waals surface area contributed by atoms with E-state index in [9.17, 15) is 8.42 Å². The van der Waals surface area contributed by atoms with Crippen LogP contribution in [0.4, 0.5) is 0 Å². The number of sulfonamides is 1. The van der Waals surface area contributed by atoms with E-state index in [2.05, 4.69) is 20.8 Å². The Morgan fingerprint density at radius 1 is 0.967 bits per heavy atom. The normalized spacial score (nSPS) is 15.7. The molecule has 1 saturated heterocycles. The van der Waals surface area contributed by atoms with Crippen LogP contribution >= 0.6 is 15.9 Å². The lowest BCUT2D eigenvalue weighted by Gasteiger charge is -2.34. The summed E-state index contributed by atoms with van der Waals surface area (Å²) in [6, 6.07) is 10.8. The van der Waals surface area contributed by atoms with Gasteiger partial charge in [-0.2, -0.15) is 4.31 Å². The third-order valence-corrected chi connectivity index (χ3v) is 7.45. The van der Waals surface area contributed by atoms with Crippen LogP contribution in [-0.4, -0.2) is 64.6 Å². The molecule has 1 heterocycles. The second-order valence-corrected chi connectivity index (χ2v) is 9.70. The van der Waals surface area contributed by atoms with Gasteiger partial charge in [0, 0.05) is 42.8 Å². The van der Waals surface area contributed by atoms with E-state index in [4.69, 9.17) is 14.2 Å². The first kappa shape index (κ1) is 22.9. The Hall–Kier alpha value is -1.81. The molecule has 1 aliphatic rings. The third-order valence-electron chi connectivity index (χ3n) is 5.04. The molecule has 7 nitrogen and oxygen atoms in total. The molecule has 1 aliphatic heterocycles. The summed E-state index contributed by atoms with van der Waals surface area (Å²) in [7, 11) is -0.375. The number of halogens is 1. The van der Waals surface area contributed by atoms with Crippen LogP contribution in [0.1, 0.15) is 12.5 Å². The van der Waals surface area contributed by atoms with Crippen molar-refractivity contribution in [1.29, 1.82) is 0 Å². The minimum Gasteiger partial charge on any atom is -0.497 e. The van der Waals surface area contributed by atoms with Gasteiger partial charge < -0.3 is 14.2 Å². The number of piperazine rings is 1. The van der Waals surface area contributed by atoms with E-state index >= 15 is 0 Å². The van der Waals surface area contributed by atoms with Crippen molar-refractivity contribution in [1.82, 2.24) is 9.21 Å². The molecule has 9 heteroatoms. The van der Waals surface area contributed by atoms with Gasteiger partial charge in [-0.15, -0.1) is 0 Å². The summed E-state index contributed by atoms with van der Waals surface area (Å²) in [6.07, 6.45) is 0. The molecule has 0 aliphatic carbocycles. The first-order valence-electron chi connectivity index (χ1n) is 9.74. The molecule has 0 saturated carbocycles. The highest BCUT2D eigenvalue weighted by molar-refractivity contribution is 9.10. The minimum atomic E-state index is -3.65. The summed E-state index contributed by atoms with van der Waals surface area (Å²) in [5.74, 6) is 1.94. The van der Waals surface area contributed by atoms with Crippen molar-refractivity contribution in [2.24, 2.45) is 0 Å². The zero-order valence-corrected chi connectivity index (χ0v) is 19.8. The predicted octanol–water partition coefficient (Wildman–Crippen LogP) is 3.37. The van der Waals surface area contributed by atoms with Crippen LogP contribution in [-0.2, 0) is 16.6 Å². The second-order valence-electron chi connectivity index (χ2n) is 6.88. The Kier molecular flexibility index (Phi) is 7.62. The Labute approximate surface area is 186 Å². The Morgan fingerprint density at radius 3 is 2.30 bits per heavy atom. The summed E-state index contributed by atoms with van der Waals surface area (Å²) in [4.78, 5) is 2.41. The molecule has 30 heavy (non-hydrogen) atoms. The molecule has 0 radical (unpaired) electrons. The van der Waals surface area contributed by atoms with Crippen molar-refractivity contribution < 1.29 is 22.6 Å². The van der Waals surface area contributed by atoms with E-state index in [0.717, 1.165) is 17.1 Å². The summed E-state index contributed by atoms with van der Waals surface area (Å²) < 4.78 is 45.1. The van der Waals surface area contributed by atoms with Gasteiger partial charge in [0.05, 0.1) is 20.8 Å². The molecular weight excluding hydrogens is 472 g/mol. The number of benzene rings is 2. The summed E-state index contributed by atoms with van der Waals surface area (Å²) in [5.41, 5.74) is 1.01. The van der Waals surface area contributed by atoms with E-state index in [1.165, 1.54) is 4.31 Å². The third kappa shape index (κ3) is 5.08. The van der Waals surface area contributed by atoms with Gasteiger partial charge in [0.15, 0.2) is 0 Å². The Bertz CT molecular complexity index is 975. The number of hydrogen-bond acceptors (Lipinski definition) is 6. The average molecular weight is 499 g/mol. The smallest absolute Gasteiger partial charge is 0.246 e. The zero-order chi connectivity index (χ0) is 21.7. The van der Waals surface area contributed by atoms with Crippen LogP contribution in [0.25, 0.3) is 0 Å². The molecule has 2 aromatic rings. The van der Waals surface area contributed by atoms with Crippen molar-refractivity contribution in [2.45, 2.75) is 18.4 Å². The molecule has 0 spiro atoms. The van der Waals surface area contributed by atoms with Crippen LogP contribution in [0.3, 0.4) is 0 Å². The van der Waals surface area contributed by atoms with Gasteiger partial charge in [0.25, 0.3) is 0 Å². The van der Waals surface area contributed by atoms with E-state index in [-0.39, 0.29) is 4.90 Å². The lowest BCUT2D eigenvalue weighted by Crippen LogP contribution is -2.48. The van der Waals surface area contributed by atoms with Gasteiger partial charge >= 0.3 is 0 Å². The van der Waals surface area contributed by atoms with Gasteiger partial charge in [-0.3, -0.25) is 4.90 Å². The predicted molar refractivity (Wildman–Crippen MR) is 119 cm³/mol. The van der Waals surface area contributed by atoms with Crippen LogP contribution < -0.4 is 14.2 Å². The summed E-state index contributed by atoms with van der Waals surface area (Å²) in [5, 5.41) is 0. The van der Waals surface area contributed by atoms with Crippen molar-refractivity contribution in [2.75, 3.05) is 47.0 Å². The Balaban J connectivity index is 1.72. The highest BCUT2D eigenvalue weighted by atomic mass is 79.9. The first-order chi connectivity index (χ1) is 14.4. The summed E-state index contributed by atoms with van der Waals surface area (Å²) >= 11 is 3.37. The largest absolute Gasteiger partial charge is 0.497 e. The molecule has 3 rings (SSSR count).